The minimum absolute atomic E-state index is 0.148. The van der Waals surface area contributed by atoms with E-state index in [4.69, 9.17) is 0 Å². The van der Waals surface area contributed by atoms with Crippen LogP contribution in [-0.2, 0) is 10.0 Å². The van der Waals surface area contributed by atoms with Crippen LogP contribution >= 0.6 is 0 Å². The average molecular weight is 326 g/mol. The summed E-state index contributed by atoms with van der Waals surface area (Å²) in [5, 5.41) is 0. The second-order valence-electron chi connectivity index (χ2n) is 5.20. The topological polar surface area (TPSA) is 57.7 Å². The minimum atomic E-state index is -3.54. The number of carbonyl (C=O) groups is 1. The van der Waals surface area contributed by atoms with E-state index in [1.807, 2.05) is 0 Å². The molecule has 0 fully saturated rings. The van der Waals surface area contributed by atoms with Crippen LogP contribution in [-0.4, -0.2) is 50.2 Å². The summed E-state index contributed by atoms with van der Waals surface area (Å²) in [6.07, 6.45) is 1.94. The molecule has 0 aliphatic heterocycles. The monoisotopic (exact) mass is 326 g/mol. The Morgan fingerprint density at radius 3 is 2.32 bits per heavy atom. The van der Waals surface area contributed by atoms with Gasteiger partial charge in [-0.15, -0.1) is 0 Å². The van der Waals surface area contributed by atoms with E-state index in [1.165, 1.54) is 16.4 Å². The average Bonchev–Trinajstić information content (AvgIpc) is 2.52. The molecule has 0 saturated heterocycles. The minimum Gasteiger partial charge on any atom is -0.342 e. The van der Waals surface area contributed by atoms with E-state index in [0.717, 1.165) is 12.8 Å². The van der Waals surface area contributed by atoms with Crippen LogP contribution in [0.1, 0.15) is 44.0 Å². The maximum Gasteiger partial charge on any atom is 0.253 e. The van der Waals surface area contributed by atoms with Crippen LogP contribution in [0, 0.1) is 0 Å². The van der Waals surface area contributed by atoms with Gasteiger partial charge in [-0.3, -0.25) is 4.79 Å². The molecule has 0 bridgehead atoms. The highest BCUT2D eigenvalue weighted by atomic mass is 32.2. The molecule has 22 heavy (non-hydrogen) atoms. The summed E-state index contributed by atoms with van der Waals surface area (Å²) >= 11 is 0. The van der Waals surface area contributed by atoms with Crippen molar-refractivity contribution < 1.29 is 13.2 Å². The molecule has 0 aromatic heterocycles. The lowest BCUT2D eigenvalue weighted by atomic mass is 10.2. The highest BCUT2D eigenvalue weighted by Crippen LogP contribution is 2.17. The number of unbranched alkanes of at least 4 members (excludes halogenated alkanes) is 1. The molecule has 1 aromatic rings. The van der Waals surface area contributed by atoms with Gasteiger partial charge in [0, 0.05) is 32.2 Å². The molecule has 5 nitrogen and oxygen atoms in total. The van der Waals surface area contributed by atoms with Gasteiger partial charge in [-0.05, 0) is 24.6 Å². The van der Waals surface area contributed by atoms with Gasteiger partial charge in [0.1, 0.15) is 0 Å². The summed E-state index contributed by atoms with van der Waals surface area (Å²) in [6, 6.07) is 6.29. The van der Waals surface area contributed by atoms with E-state index in [-0.39, 0.29) is 10.8 Å². The van der Waals surface area contributed by atoms with Gasteiger partial charge in [0.25, 0.3) is 5.91 Å². The molecule has 0 N–H and O–H groups in total. The fourth-order valence-electron chi connectivity index (χ4n) is 2.22. The number of amides is 1. The van der Waals surface area contributed by atoms with Gasteiger partial charge in [-0.25, -0.2) is 8.42 Å². The molecule has 6 heteroatoms. The van der Waals surface area contributed by atoms with Crippen molar-refractivity contribution >= 4 is 15.9 Å². The normalized spacial score (nSPS) is 11.7. The summed E-state index contributed by atoms with van der Waals surface area (Å²) in [6.45, 7) is 7.15. The molecule has 1 amide bonds. The second-order valence-corrected chi connectivity index (χ2v) is 7.14. The molecule has 0 radical (unpaired) electrons. The van der Waals surface area contributed by atoms with E-state index in [2.05, 4.69) is 6.92 Å². The zero-order valence-electron chi connectivity index (χ0n) is 13.9. The first-order chi connectivity index (χ1) is 10.4. The number of nitrogens with zero attached hydrogens (tertiary/aromatic N) is 2. The van der Waals surface area contributed by atoms with Crippen LogP contribution in [0.15, 0.2) is 29.2 Å². The Labute approximate surface area is 134 Å². The van der Waals surface area contributed by atoms with Gasteiger partial charge < -0.3 is 4.90 Å². The molecule has 0 unspecified atom stereocenters. The van der Waals surface area contributed by atoms with Crippen LogP contribution in [0.3, 0.4) is 0 Å². The van der Waals surface area contributed by atoms with Gasteiger partial charge >= 0.3 is 0 Å². The van der Waals surface area contributed by atoms with Crippen molar-refractivity contribution in [2.45, 2.75) is 38.5 Å². The van der Waals surface area contributed by atoms with Gasteiger partial charge in [0.2, 0.25) is 10.0 Å². The molecule has 0 heterocycles. The Morgan fingerprint density at radius 2 is 1.77 bits per heavy atom. The van der Waals surface area contributed by atoms with Crippen LogP contribution < -0.4 is 0 Å². The summed E-state index contributed by atoms with van der Waals surface area (Å²) in [5.41, 5.74) is 0.409. The molecule has 0 aliphatic rings. The Morgan fingerprint density at radius 1 is 1.14 bits per heavy atom. The standard InChI is InChI=1S/C16H26N2O3S/c1-5-8-12-17(4)16(19)14-10-9-11-15(13-14)22(20,21)18(6-2)7-3/h9-11,13H,5-8,12H2,1-4H3. The third-order valence-electron chi connectivity index (χ3n) is 3.62. The third-order valence-corrected chi connectivity index (χ3v) is 5.66. The maximum atomic E-state index is 12.5. The van der Waals surface area contributed by atoms with Crippen molar-refractivity contribution in [1.29, 1.82) is 0 Å². The fourth-order valence-corrected chi connectivity index (χ4v) is 3.72. The molecule has 0 spiro atoms. The van der Waals surface area contributed by atoms with Gasteiger partial charge in [-0.2, -0.15) is 4.31 Å². The van der Waals surface area contributed by atoms with Crippen molar-refractivity contribution in [1.82, 2.24) is 9.21 Å². The molecular weight excluding hydrogens is 300 g/mol. The van der Waals surface area contributed by atoms with E-state index in [0.29, 0.717) is 25.2 Å². The number of carbonyl (C=O) groups excluding carboxylic acids is 1. The van der Waals surface area contributed by atoms with Crippen molar-refractivity contribution in [2.75, 3.05) is 26.7 Å². The van der Waals surface area contributed by atoms with E-state index >= 15 is 0 Å². The van der Waals surface area contributed by atoms with Gasteiger partial charge in [-0.1, -0.05) is 33.3 Å². The molecule has 0 aliphatic carbocycles. The van der Waals surface area contributed by atoms with Crippen molar-refractivity contribution in [3.05, 3.63) is 29.8 Å². The van der Waals surface area contributed by atoms with Crippen LogP contribution in [0.5, 0.6) is 0 Å². The smallest absolute Gasteiger partial charge is 0.253 e. The Balaban J connectivity index is 3.07. The first-order valence-corrected chi connectivity index (χ1v) is 9.18. The van der Waals surface area contributed by atoms with Crippen molar-refractivity contribution in [2.24, 2.45) is 0 Å². The van der Waals surface area contributed by atoms with E-state index < -0.39 is 10.0 Å². The van der Waals surface area contributed by atoms with E-state index in [9.17, 15) is 13.2 Å². The predicted molar refractivity (Wildman–Crippen MR) is 88.4 cm³/mol. The number of hydrogen-bond acceptors (Lipinski definition) is 3. The molecule has 0 atom stereocenters. The van der Waals surface area contributed by atoms with Crippen LogP contribution in [0.2, 0.25) is 0 Å². The van der Waals surface area contributed by atoms with Crippen molar-refractivity contribution in [3.63, 3.8) is 0 Å². The molecule has 0 saturated carbocycles. The molecule has 124 valence electrons. The largest absolute Gasteiger partial charge is 0.342 e. The lowest BCUT2D eigenvalue weighted by Crippen LogP contribution is -2.31. The highest BCUT2D eigenvalue weighted by Gasteiger charge is 2.23. The van der Waals surface area contributed by atoms with E-state index in [1.54, 1.807) is 37.9 Å². The van der Waals surface area contributed by atoms with Gasteiger partial charge in [0.05, 0.1) is 4.90 Å². The van der Waals surface area contributed by atoms with Crippen molar-refractivity contribution in [3.8, 4) is 0 Å². The lowest BCUT2D eigenvalue weighted by molar-refractivity contribution is 0.0793. The predicted octanol–water partition coefficient (Wildman–Crippen LogP) is 2.59. The molecule has 1 rings (SSSR count). The quantitative estimate of drug-likeness (QED) is 0.738. The molecule has 1 aromatic carbocycles. The lowest BCUT2D eigenvalue weighted by Gasteiger charge is -2.20. The molecular formula is C16H26N2O3S. The summed E-state index contributed by atoms with van der Waals surface area (Å²) in [5.74, 6) is -0.148. The van der Waals surface area contributed by atoms with Crippen LogP contribution in [0.4, 0.5) is 0 Å². The summed E-state index contributed by atoms with van der Waals surface area (Å²) < 4.78 is 26.4. The Kier molecular flexibility index (Phi) is 7.03. The maximum absolute atomic E-state index is 12.5. The van der Waals surface area contributed by atoms with Gasteiger partial charge in [0.15, 0.2) is 0 Å². The fraction of sp³-hybridized carbons (Fsp3) is 0.562. The second kappa shape index (κ2) is 8.29. The summed E-state index contributed by atoms with van der Waals surface area (Å²) in [7, 11) is -1.80. The highest BCUT2D eigenvalue weighted by molar-refractivity contribution is 7.89. The summed E-state index contributed by atoms with van der Waals surface area (Å²) in [4.78, 5) is 14.2. The number of rotatable bonds is 8. The third kappa shape index (κ3) is 4.30. The Hall–Kier alpha value is -1.40. The number of hydrogen-bond donors (Lipinski definition) is 0. The number of sulfonamides is 1. The number of benzene rings is 1. The SMILES string of the molecule is CCCCN(C)C(=O)c1cccc(S(=O)(=O)N(CC)CC)c1. The Bertz CT molecular complexity index is 595. The first kappa shape index (κ1) is 18.6. The van der Waals surface area contributed by atoms with Crippen LogP contribution in [0.25, 0.3) is 0 Å². The first-order valence-electron chi connectivity index (χ1n) is 7.74. The zero-order valence-corrected chi connectivity index (χ0v) is 14.7. The zero-order chi connectivity index (χ0) is 16.8.